The van der Waals surface area contributed by atoms with Gasteiger partial charge in [-0.3, -0.25) is 4.79 Å². The number of rotatable bonds is 3. The molecule has 1 heterocycles. The molecule has 4 nitrogen and oxygen atoms in total. The minimum atomic E-state index is -0.212. The third kappa shape index (κ3) is 1.86. The van der Waals surface area contributed by atoms with Gasteiger partial charge in [-0.15, -0.1) is 0 Å². The van der Waals surface area contributed by atoms with Gasteiger partial charge in [0, 0.05) is 18.1 Å². The molecule has 4 heteroatoms. The zero-order valence-corrected chi connectivity index (χ0v) is 9.14. The molecule has 16 heavy (non-hydrogen) atoms. The standard InChI is InChI=1S/C12H14N2O2/c1-16-12(15)6-7-14-8-10(13)9-4-2-3-5-11(9)14/h2-5,8H,6-7,13H2,1H3. The third-order valence-corrected chi connectivity index (χ3v) is 2.60. The van der Waals surface area contributed by atoms with Gasteiger partial charge in [-0.2, -0.15) is 0 Å². The quantitative estimate of drug-likeness (QED) is 0.799. The summed E-state index contributed by atoms with van der Waals surface area (Å²) in [7, 11) is 1.39. The summed E-state index contributed by atoms with van der Waals surface area (Å²) >= 11 is 0. The number of ether oxygens (including phenoxy) is 1. The second-order valence-corrected chi connectivity index (χ2v) is 3.62. The van der Waals surface area contributed by atoms with Crippen molar-refractivity contribution in [2.75, 3.05) is 12.8 Å². The number of anilines is 1. The van der Waals surface area contributed by atoms with Crippen molar-refractivity contribution in [3.8, 4) is 0 Å². The Labute approximate surface area is 93.6 Å². The highest BCUT2D eigenvalue weighted by molar-refractivity contribution is 5.91. The number of hydrogen-bond acceptors (Lipinski definition) is 3. The molecule has 2 rings (SSSR count). The second kappa shape index (κ2) is 4.26. The molecule has 0 amide bonds. The van der Waals surface area contributed by atoms with Crippen LogP contribution in [-0.2, 0) is 16.1 Å². The Bertz CT molecular complexity index is 517. The SMILES string of the molecule is COC(=O)CCn1cc(N)c2ccccc21. The molecule has 84 valence electrons. The molecule has 0 fully saturated rings. The van der Waals surface area contributed by atoms with E-state index in [0.29, 0.717) is 13.0 Å². The first-order valence-electron chi connectivity index (χ1n) is 5.12. The van der Waals surface area contributed by atoms with E-state index in [9.17, 15) is 4.79 Å². The molecule has 0 radical (unpaired) electrons. The van der Waals surface area contributed by atoms with Crippen molar-refractivity contribution in [3.63, 3.8) is 0 Å². The van der Waals surface area contributed by atoms with Crippen molar-refractivity contribution in [1.82, 2.24) is 4.57 Å². The Hall–Kier alpha value is -1.97. The van der Waals surface area contributed by atoms with Gasteiger partial charge in [0.1, 0.15) is 0 Å². The molecule has 1 aromatic carbocycles. The number of methoxy groups -OCH3 is 1. The predicted molar refractivity (Wildman–Crippen MR) is 63.0 cm³/mol. The number of benzene rings is 1. The number of carbonyl (C=O) groups is 1. The monoisotopic (exact) mass is 218 g/mol. The molecular weight excluding hydrogens is 204 g/mol. The molecule has 1 aromatic heterocycles. The van der Waals surface area contributed by atoms with E-state index in [1.165, 1.54) is 7.11 Å². The average molecular weight is 218 g/mol. The van der Waals surface area contributed by atoms with Crippen molar-refractivity contribution in [2.24, 2.45) is 0 Å². The largest absolute Gasteiger partial charge is 0.469 e. The van der Waals surface area contributed by atoms with E-state index >= 15 is 0 Å². The first-order valence-corrected chi connectivity index (χ1v) is 5.12. The maximum atomic E-state index is 11.1. The minimum absolute atomic E-state index is 0.212. The highest BCUT2D eigenvalue weighted by Crippen LogP contribution is 2.23. The molecule has 0 atom stereocenters. The fourth-order valence-corrected chi connectivity index (χ4v) is 1.77. The van der Waals surface area contributed by atoms with Crippen LogP contribution in [0, 0.1) is 0 Å². The lowest BCUT2D eigenvalue weighted by molar-refractivity contribution is -0.140. The Kier molecular flexibility index (Phi) is 2.81. The van der Waals surface area contributed by atoms with Crippen LogP contribution in [0.15, 0.2) is 30.5 Å². The molecule has 0 aliphatic heterocycles. The van der Waals surface area contributed by atoms with Crippen LogP contribution >= 0.6 is 0 Å². The molecule has 0 aliphatic carbocycles. The van der Waals surface area contributed by atoms with Gasteiger partial charge < -0.3 is 15.0 Å². The smallest absolute Gasteiger partial charge is 0.307 e. The molecule has 0 aliphatic rings. The highest BCUT2D eigenvalue weighted by Gasteiger charge is 2.06. The summed E-state index contributed by atoms with van der Waals surface area (Å²) in [6.07, 6.45) is 2.21. The Morgan fingerprint density at radius 1 is 1.44 bits per heavy atom. The normalized spacial score (nSPS) is 10.6. The van der Waals surface area contributed by atoms with Gasteiger partial charge in [-0.05, 0) is 6.07 Å². The van der Waals surface area contributed by atoms with E-state index in [1.807, 2.05) is 35.0 Å². The van der Waals surface area contributed by atoms with Gasteiger partial charge >= 0.3 is 5.97 Å². The van der Waals surface area contributed by atoms with Crippen LogP contribution in [0.1, 0.15) is 6.42 Å². The Morgan fingerprint density at radius 3 is 2.94 bits per heavy atom. The van der Waals surface area contributed by atoms with Crippen LogP contribution in [0.2, 0.25) is 0 Å². The van der Waals surface area contributed by atoms with E-state index in [0.717, 1.165) is 16.6 Å². The summed E-state index contributed by atoms with van der Waals surface area (Å²) in [6.45, 7) is 0.588. The maximum absolute atomic E-state index is 11.1. The van der Waals surface area contributed by atoms with Crippen LogP contribution in [0.3, 0.4) is 0 Å². The third-order valence-electron chi connectivity index (χ3n) is 2.60. The summed E-state index contributed by atoms with van der Waals surface area (Å²) in [6, 6.07) is 7.86. The van der Waals surface area contributed by atoms with Gasteiger partial charge in [-0.25, -0.2) is 0 Å². The van der Waals surface area contributed by atoms with Gasteiger partial charge in [0.05, 0.1) is 24.7 Å². The minimum Gasteiger partial charge on any atom is -0.469 e. The maximum Gasteiger partial charge on any atom is 0.307 e. The van der Waals surface area contributed by atoms with Crippen LogP contribution in [0.5, 0.6) is 0 Å². The number of nitrogens with two attached hydrogens (primary N) is 1. The number of fused-ring (bicyclic) bond motifs is 1. The van der Waals surface area contributed by atoms with E-state index in [4.69, 9.17) is 5.73 Å². The summed E-state index contributed by atoms with van der Waals surface area (Å²) < 4.78 is 6.58. The zero-order valence-electron chi connectivity index (χ0n) is 9.14. The fourth-order valence-electron chi connectivity index (χ4n) is 1.77. The number of hydrogen-bond donors (Lipinski definition) is 1. The van der Waals surface area contributed by atoms with Crippen molar-refractivity contribution in [2.45, 2.75) is 13.0 Å². The van der Waals surface area contributed by atoms with Crippen LogP contribution in [-0.4, -0.2) is 17.6 Å². The fraction of sp³-hybridized carbons (Fsp3) is 0.250. The number of aromatic nitrogens is 1. The molecule has 0 saturated heterocycles. The summed E-state index contributed by atoms with van der Waals surface area (Å²) in [5.74, 6) is -0.212. The lowest BCUT2D eigenvalue weighted by atomic mass is 10.2. The van der Waals surface area contributed by atoms with Crippen LogP contribution in [0.25, 0.3) is 10.9 Å². The molecule has 0 spiro atoms. The second-order valence-electron chi connectivity index (χ2n) is 3.62. The predicted octanol–water partition coefficient (Wildman–Crippen LogP) is 1.79. The summed E-state index contributed by atoms with van der Waals surface area (Å²) in [5.41, 5.74) is 7.66. The van der Waals surface area contributed by atoms with Gasteiger partial charge in [0.15, 0.2) is 0 Å². The topological polar surface area (TPSA) is 57.2 Å². The summed E-state index contributed by atoms with van der Waals surface area (Å²) in [4.78, 5) is 11.1. The van der Waals surface area contributed by atoms with Gasteiger partial charge in [0.2, 0.25) is 0 Å². The zero-order chi connectivity index (χ0) is 11.5. The first-order chi connectivity index (χ1) is 7.72. The van der Waals surface area contributed by atoms with E-state index in [2.05, 4.69) is 4.74 Å². The number of nitrogen functional groups attached to an aromatic ring is 1. The van der Waals surface area contributed by atoms with Crippen molar-refractivity contribution >= 4 is 22.6 Å². The molecule has 0 saturated carbocycles. The molecular formula is C12H14N2O2. The van der Waals surface area contributed by atoms with Gasteiger partial charge in [-0.1, -0.05) is 18.2 Å². The van der Waals surface area contributed by atoms with Crippen LogP contribution < -0.4 is 5.73 Å². The Morgan fingerprint density at radius 2 is 2.19 bits per heavy atom. The number of nitrogens with zero attached hydrogens (tertiary/aromatic N) is 1. The average Bonchev–Trinajstić information content (AvgIpc) is 2.64. The molecule has 0 unspecified atom stereocenters. The number of para-hydroxylation sites is 1. The first kappa shape index (κ1) is 10.5. The number of esters is 1. The van der Waals surface area contributed by atoms with Crippen molar-refractivity contribution in [3.05, 3.63) is 30.5 Å². The molecule has 0 bridgehead atoms. The van der Waals surface area contributed by atoms with Crippen molar-refractivity contribution < 1.29 is 9.53 Å². The highest BCUT2D eigenvalue weighted by atomic mass is 16.5. The van der Waals surface area contributed by atoms with Gasteiger partial charge in [0.25, 0.3) is 0 Å². The van der Waals surface area contributed by atoms with E-state index in [-0.39, 0.29) is 5.97 Å². The van der Waals surface area contributed by atoms with Crippen molar-refractivity contribution in [1.29, 1.82) is 0 Å². The summed E-state index contributed by atoms with van der Waals surface area (Å²) in [5, 5.41) is 1.02. The number of carbonyl (C=O) groups excluding carboxylic acids is 1. The van der Waals surface area contributed by atoms with E-state index < -0.39 is 0 Å². The van der Waals surface area contributed by atoms with Crippen LogP contribution in [0.4, 0.5) is 5.69 Å². The van der Waals surface area contributed by atoms with E-state index in [1.54, 1.807) is 0 Å². The number of aryl methyl sites for hydroxylation is 1. The molecule has 2 aromatic rings. The Balaban J connectivity index is 2.27. The molecule has 2 N–H and O–H groups in total. The lowest BCUT2D eigenvalue weighted by Crippen LogP contribution is -2.06. The lowest BCUT2D eigenvalue weighted by Gasteiger charge is -2.03.